The lowest BCUT2D eigenvalue weighted by molar-refractivity contribution is 0.373. The van der Waals surface area contributed by atoms with Crippen LogP contribution in [0.5, 0.6) is 5.75 Å². The predicted octanol–water partition coefficient (Wildman–Crippen LogP) is 3.58. The number of benzene rings is 1. The molecule has 0 unspecified atom stereocenters. The topological polar surface area (TPSA) is 53.0 Å². The van der Waals surface area contributed by atoms with Gasteiger partial charge in [-0.05, 0) is 37.6 Å². The minimum atomic E-state index is 0. The summed E-state index contributed by atoms with van der Waals surface area (Å²) in [7, 11) is 3.56. The number of thiazole rings is 1. The molecular formula is C21H32IN5OS. The number of methoxy groups -OCH3 is 1. The van der Waals surface area contributed by atoms with Crippen molar-refractivity contribution in [1.82, 2.24) is 15.2 Å². The van der Waals surface area contributed by atoms with E-state index >= 15 is 0 Å². The number of piperazine rings is 1. The standard InChI is InChI=1S/C21H31N5OS.HI/c1-5-19-16(2)28-20(24-19)10-11-23-21(22-3)26-14-12-25(13-15-26)17-6-8-18(27-4)9-7-17;/h6-9H,5,10-15H2,1-4H3,(H,22,23);1H. The van der Waals surface area contributed by atoms with Crippen LogP contribution in [0.25, 0.3) is 0 Å². The molecule has 0 spiro atoms. The van der Waals surface area contributed by atoms with E-state index in [1.54, 1.807) is 7.11 Å². The fourth-order valence-electron chi connectivity index (χ4n) is 3.51. The van der Waals surface area contributed by atoms with Crippen molar-refractivity contribution in [3.8, 4) is 5.75 Å². The molecule has 1 aromatic heterocycles. The summed E-state index contributed by atoms with van der Waals surface area (Å²) in [6, 6.07) is 8.29. The number of hydrogen-bond acceptors (Lipinski definition) is 5. The zero-order valence-electron chi connectivity index (χ0n) is 17.8. The summed E-state index contributed by atoms with van der Waals surface area (Å²) in [5.41, 5.74) is 2.48. The number of hydrogen-bond donors (Lipinski definition) is 1. The monoisotopic (exact) mass is 529 g/mol. The number of halogens is 1. The molecule has 0 saturated carbocycles. The molecular weight excluding hydrogens is 497 g/mol. The molecule has 0 aliphatic carbocycles. The van der Waals surface area contributed by atoms with Gasteiger partial charge in [0.25, 0.3) is 0 Å². The maximum absolute atomic E-state index is 5.25. The molecule has 6 nitrogen and oxygen atoms in total. The fourth-order valence-corrected chi connectivity index (χ4v) is 4.53. The highest BCUT2D eigenvalue weighted by molar-refractivity contribution is 14.0. The zero-order chi connectivity index (χ0) is 19.9. The van der Waals surface area contributed by atoms with Crippen molar-refractivity contribution in [2.75, 3.05) is 51.8 Å². The van der Waals surface area contributed by atoms with Crippen LogP contribution in [0.1, 0.15) is 22.5 Å². The Hall–Kier alpha value is -1.55. The highest BCUT2D eigenvalue weighted by Gasteiger charge is 2.20. The van der Waals surface area contributed by atoms with E-state index in [0.717, 1.165) is 57.3 Å². The van der Waals surface area contributed by atoms with Gasteiger partial charge in [0.1, 0.15) is 5.75 Å². The molecule has 1 aliphatic heterocycles. The van der Waals surface area contributed by atoms with E-state index in [1.807, 2.05) is 30.5 Å². The third-order valence-electron chi connectivity index (χ3n) is 5.12. The second-order valence-electron chi connectivity index (χ2n) is 6.86. The smallest absolute Gasteiger partial charge is 0.193 e. The Morgan fingerprint density at radius 2 is 1.90 bits per heavy atom. The van der Waals surface area contributed by atoms with E-state index < -0.39 is 0 Å². The Balaban J connectivity index is 0.00000300. The van der Waals surface area contributed by atoms with Crippen molar-refractivity contribution in [3.63, 3.8) is 0 Å². The summed E-state index contributed by atoms with van der Waals surface area (Å²) >= 11 is 1.81. The lowest BCUT2D eigenvalue weighted by Crippen LogP contribution is -2.52. The molecule has 1 saturated heterocycles. The third kappa shape index (κ3) is 6.21. The normalized spacial score (nSPS) is 14.6. The molecule has 1 N–H and O–H groups in total. The maximum Gasteiger partial charge on any atom is 0.193 e. The van der Waals surface area contributed by atoms with Crippen molar-refractivity contribution in [3.05, 3.63) is 39.8 Å². The zero-order valence-corrected chi connectivity index (χ0v) is 20.9. The summed E-state index contributed by atoms with van der Waals surface area (Å²) in [6.07, 6.45) is 1.95. The SMILES string of the molecule is CCc1nc(CCNC(=NC)N2CCN(c3ccc(OC)cc3)CC2)sc1C.I. The first-order chi connectivity index (χ1) is 13.6. The summed E-state index contributed by atoms with van der Waals surface area (Å²) in [5, 5.41) is 4.72. The minimum Gasteiger partial charge on any atom is -0.497 e. The summed E-state index contributed by atoms with van der Waals surface area (Å²) in [5.74, 6) is 1.88. The minimum absolute atomic E-state index is 0. The first-order valence-corrected chi connectivity index (χ1v) is 10.8. The molecule has 1 aromatic carbocycles. The average Bonchev–Trinajstić information content (AvgIpc) is 3.11. The molecule has 0 amide bonds. The van der Waals surface area contributed by atoms with Crippen LogP contribution in [0.2, 0.25) is 0 Å². The molecule has 3 rings (SSSR count). The Morgan fingerprint density at radius 1 is 1.21 bits per heavy atom. The van der Waals surface area contributed by atoms with Crippen LogP contribution in [-0.2, 0) is 12.8 Å². The van der Waals surface area contributed by atoms with Gasteiger partial charge in [0.2, 0.25) is 0 Å². The Kier molecular flexibility index (Phi) is 9.48. The van der Waals surface area contributed by atoms with Gasteiger partial charge in [-0.15, -0.1) is 35.3 Å². The van der Waals surface area contributed by atoms with Crippen molar-refractivity contribution in [2.45, 2.75) is 26.7 Å². The third-order valence-corrected chi connectivity index (χ3v) is 6.20. The fraction of sp³-hybridized carbons (Fsp3) is 0.524. The van der Waals surface area contributed by atoms with E-state index in [0.29, 0.717) is 0 Å². The van der Waals surface area contributed by atoms with E-state index in [1.165, 1.54) is 21.3 Å². The number of aliphatic imine (C=N–C) groups is 1. The van der Waals surface area contributed by atoms with Crippen LogP contribution >= 0.6 is 35.3 Å². The van der Waals surface area contributed by atoms with Gasteiger partial charge in [-0.1, -0.05) is 6.92 Å². The van der Waals surface area contributed by atoms with Crippen LogP contribution in [0.3, 0.4) is 0 Å². The van der Waals surface area contributed by atoms with E-state index in [9.17, 15) is 0 Å². The van der Waals surface area contributed by atoms with Gasteiger partial charge in [-0.2, -0.15) is 0 Å². The number of nitrogens with zero attached hydrogens (tertiary/aromatic N) is 4. The number of aromatic nitrogens is 1. The number of nitrogens with one attached hydrogen (secondary N) is 1. The van der Waals surface area contributed by atoms with Gasteiger partial charge < -0.3 is 19.9 Å². The molecule has 2 aromatic rings. The van der Waals surface area contributed by atoms with E-state index in [-0.39, 0.29) is 24.0 Å². The van der Waals surface area contributed by atoms with Crippen LogP contribution < -0.4 is 15.0 Å². The van der Waals surface area contributed by atoms with Crippen LogP contribution in [0.15, 0.2) is 29.3 Å². The summed E-state index contributed by atoms with van der Waals surface area (Å²) < 4.78 is 5.25. The second-order valence-corrected chi connectivity index (χ2v) is 8.15. The largest absolute Gasteiger partial charge is 0.497 e. The van der Waals surface area contributed by atoms with Gasteiger partial charge in [0.15, 0.2) is 5.96 Å². The molecule has 1 fully saturated rings. The Bertz CT molecular complexity index is 785. The molecule has 1 aliphatic rings. The van der Waals surface area contributed by atoms with Gasteiger partial charge in [0, 0.05) is 56.8 Å². The Morgan fingerprint density at radius 3 is 2.45 bits per heavy atom. The van der Waals surface area contributed by atoms with Crippen molar-refractivity contribution >= 4 is 47.0 Å². The van der Waals surface area contributed by atoms with Crippen LogP contribution in [0, 0.1) is 6.92 Å². The predicted molar refractivity (Wildman–Crippen MR) is 133 cm³/mol. The number of rotatable bonds is 6. The van der Waals surface area contributed by atoms with Gasteiger partial charge >= 0.3 is 0 Å². The molecule has 160 valence electrons. The highest BCUT2D eigenvalue weighted by Crippen LogP contribution is 2.21. The lowest BCUT2D eigenvalue weighted by Gasteiger charge is -2.37. The maximum atomic E-state index is 5.25. The first kappa shape index (κ1) is 23.7. The number of aryl methyl sites for hydroxylation is 2. The summed E-state index contributed by atoms with van der Waals surface area (Å²) in [6.45, 7) is 9.08. The van der Waals surface area contributed by atoms with Crippen LogP contribution in [0.4, 0.5) is 5.69 Å². The lowest BCUT2D eigenvalue weighted by atomic mass is 10.2. The summed E-state index contributed by atoms with van der Waals surface area (Å²) in [4.78, 5) is 15.3. The van der Waals surface area contributed by atoms with Crippen molar-refractivity contribution in [2.24, 2.45) is 4.99 Å². The molecule has 2 heterocycles. The quantitative estimate of drug-likeness (QED) is 0.352. The highest BCUT2D eigenvalue weighted by atomic mass is 127. The number of anilines is 1. The van der Waals surface area contributed by atoms with Gasteiger partial charge in [-0.3, -0.25) is 4.99 Å². The Labute approximate surface area is 195 Å². The average molecular weight is 529 g/mol. The number of guanidine groups is 1. The van der Waals surface area contributed by atoms with Gasteiger partial charge in [0.05, 0.1) is 17.8 Å². The van der Waals surface area contributed by atoms with Crippen LogP contribution in [-0.4, -0.2) is 62.7 Å². The van der Waals surface area contributed by atoms with Crippen molar-refractivity contribution in [1.29, 1.82) is 0 Å². The van der Waals surface area contributed by atoms with E-state index in [4.69, 9.17) is 9.72 Å². The molecule has 0 atom stereocenters. The molecule has 0 radical (unpaired) electrons. The first-order valence-electron chi connectivity index (χ1n) is 9.94. The van der Waals surface area contributed by atoms with E-state index in [2.05, 4.69) is 46.1 Å². The van der Waals surface area contributed by atoms with Gasteiger partial charge in [-0.25, -0.2) is 4.98 Å². The molecule has 0 bridgehead atoms. The van der Waals surface area contributed by atoms with Crippen molar-refractivity contribution < 1.29 is 4.74 Å². The molecule has 29 heavy (non-hydrogen) atoms. The second kappa shape index (κ2) is 11.6. The number of ether oxygens (including phenoxy) is 1. The molecule has 8 heteroatoms.